The van der Waals surface area contributed by atoms with E-state index in [4.69, 9.17) is 14.2 Å². The average Bonchev–Trinajstić information content (AvgIpc) is 2.85. The van der Waals surface area contributed by atoms with Gasteiger partial charge in [-0.1, -0.05) is 0 Å². The highest BCUT2D eigenvalue weighted by molar-refractivity contribution is 5.40. The van der Waals surface area contributed by atoms with Crippen LogP contribution in [0.15, 0.2) is 18.2 Å². The Balaban J connectivity index is 1.94. The first kappa shape index (κ1) is 14.1. The van der Waals surface area contributed by atoms with Crippen LogP contribution in [0, 0.1) is 0 Å². The van der Waals surface area contributed by atoms with Crippen LogP contribution in [-0.2, 0) is 11.3 Å². The van der Waals surface area contributed by atoms with Crippen molar-refractivity contribution < 1.29 is 19.3 Å². The highest BCUT2D eigenvalue weighted by Crippen LogP contribution is 2.24. The molecule has 0 spiro atoms. The fraction of sp³-hybridized carbons (Fsp3) is 0.571. The number of ether oxygens (including phenoxy) is 3. The molecule has 0 aromatic heterocycles. The molecule has 0 amide bonds. The molecule has 0 aliphatic carbocycles. The zero-order valence-corrected chi connectivity index (χ0v) is 11.4. The molecular weight excluding hydrogens is 246 g/mol. The third-order valence-electron chi connectivity index (χ3n) is 3.34. The highest BCUT2D eigenvalue weighted by atomic mass is 16.5. The second-order valence-electron chi connectivity index (χ2n) is 4.81. The molecule has 0 saturated carbocycles. The normalized spacial score (nSPS) is 22.5. The highest BCUT2D eigenvalue weighted by Gasteiger charge is 2.31. The molecule has 1 heterocycles. The van der Waals surface area contributed by atoms with E-state index in [1.807, 2.05) is 18.2 Å². The minimum atomic E-state index is -0.744. The summed E-state index contributed by atoms with van der Waals surface area (Å²) in [4.78, 5) is 0. The fourth-order valence-corrected chi connectivity index (χ4v) is 2.19. The van der Waals surface area contributed by atoms with Crippen LogP contribution in [0.2, 0.25) is 0 Å². The second kappa shape index (κ2) is 6.23. The molecule has 1 aromatic carbocycles. The number of hydrogen-bond acceptors (Lipinski definition) is 5. The van der Waals surface area contributed by atoms with Crippen LogP contribution < -0.4 is 14.8 Å². The molecule has 19 heavy (non-hydrogen) atoms. The van der Waals surface area contributed by atoms with Crippen molar-refractivity contribution in [3.8, 4) is 11.5 Å². The minimum Gasteiger partial charge on any atom is -0.497 e. The topological polar surface area (TPSA) is 60.0 Å². The van der Waals surface area contributed by atoms with E-state index < -0.39 is 5.60 Å². The van der Waals surface area contributed by atoms with Gasteiger partial charge in [-0.15, -0.1) is 0 Å². The van der Waals surface area contributed by atoms with Gasteiger partial charge in [-0.3, -0.25) is 0 Å². The lowest BCUT2D eigenvalue weighted by molar-refractivity contribution is 0.0268. The predicted molar refractivity (Wildman–Crippen MR) is 71.6 cm³/mol. The maximum absolute atomic E-state index is 10.2. The van der Waals surface area contributed by atoms with Gasteiger partial charge in [0.15, 0.2) is 0 Å². The molecule has 1 aliphatic heterocycles. The zero-order chi connectivity index (χ0) is 13.7. The smallest absolute Gasteiger partial charge is 0.123 e. The summed E-state index contributed by atoms with van der Waals surface area (Å²) in [5.41, 5.74) is 0.260. The van der Waals surface area contributed by atoms with E-state index in [1.54, 1.807) is 14.2 Å². The Hall–Kier alpha value is -1.30. The molecular formula is C14H21NO4. The number of rotatable bonds is 6. The van der Waals surface area contributed by atoms with Crippen LogP contribution in [-0.4, -0.2) is 44.7 Å². The van der Waals surface area contributed by atoms with Gasteiger partial charge in [0.05, 0.1) is 20.8 Å². The van der Waals surface area contributed by atoms with Crippen molar-refractivity contribution in [3.05, 3.63) is 23.8 Å². The number of benzene rings is 1. The number of aliphatic hydroxyl groups is 1. The van der Waals surface area contributed by atoms with E-state index in [9.17, 15) is 5.11 Å². The molecule has 0 bridgehead atoms. The average molecular weight is 267 g/mol. The fourth-order valence-electron chi connectivity index (χ4n) is 2.19. The van der Waals surface area contributed by atoms with Crippen molar-refractivity contribution in [2.24, 2.45) is 0 Å². The molecule has 1 unspecified atom stereocenters. The summed E-state index contributed by atoms with van der Waals surface area (Å²) in [5.74, 6) is 1.60. The van der Waals surface area contributed by atoms with Gasteiger partial charge in [0.2, 0.25) is 0 Å². The van der Waals surface area contributed by atoms with Gasteiger partial charge in [0.1, 0.15) is 17.1 Å². The van der Waals surface area contributed by atoms with Crippen LogP contribution in [0.3, 0.4) is 0 Å². The summed E-state index contributed by atoms with van der Waals surface area (Å²) in [5, 5.41) is 13.4. The Labute approximate surface area is 113 Å². The Morgan fingerprint density at radius 1 is 1.37 bits per heavy atom. The molecule has 1 atom stereocenters. The summed E-state index contributed by atoms with van der Waals surface area (Å²) in [6, 6.07) is 5.67. The second-order valence-corrected chi connectivity index (χ2v) is 4.81. The summed E-state index contributed by atoms with van der Waals surface area (Å²) in [7, 11) is 3.28. The van der Waals surface area contributed by atoms with E-state index >= 15 is 0 Å². The first-order valence-corrected chi connectivity index (χ1v) is 6.39. The van der Waals surface area contributed by atoms with Gasteiger partial charge in [-0.25, -0.2) is 0 Å². The molecule has 2 rings (SSSR count). The van der Waals surface area contributed by atoms with Gasteiger partial charge in [0.25, 0.3) is 0 Å². The first-order chi connectivity index (χ1) is 9.17. The number of hydrogen-bond donors (Lipinski definition) is 2. The number of nitrogens with one attached hydrogen (secondary N) is 1. The SMILES string of the molecule is COc1ccc(OC)c(CNCC2(O)CCOC2)c1. The molecule has 5 nitrogen and oxygen atoms in total. The molecule has 0 radical (unpaired) electrons. The molecule has 2 N–H and O–H groups in total. The Morgan fingerprint density at radius 3 is 2.84 bits per heavy atom. The van der Waals surface area contributed by atoms with Crippen LogP contribution in [0.4, 0.5) is 0 Å². The van der Waals surface area contributed by atoms with Crippen molar-refractivity contribution in [1.29, 1.82) is 0 Å². The minimum absolute atomic E-state index is 0.398. The predicted octanol–water partition coefficient (Wildman–Crippen LogP) is 0.945. The van der Waals surface area contributed by atoms with Gasteiger partial charge in [0, 0.05) is 31.7 Å². The van der Waals surface area contributed by atoms with Gasteiger partial charge >= 0.3 is 0 Å². The van der Waals surface area contributed by atoms with Gasteiger partial charge < -0.3 is 24.6 Å². The largest absolute Gasteiger partial charge is 0.497 e. The van der Waals surface area contributed by atoms with E-state index in [-0.39, 0.29) is 0 Å². The molecule has 106 valence electrons. The number of methoxy groups -OCH3 is 2. The first-order valence-electron chi connectivity index (χ1n) is 6.39. The lowest BCUT2D eigenvalue weighted by Crippen LogP contribution is -2.40. The monoisotopic (exact) mass is 267 g/mol. The molecule has 1 fully saturated rings. The van der Waals surface area contributed by atoms with E-state index in [2.05, 4.69) is 5.32 Å². The van der Waals surface area contributed by atoms with Gasteiger partial charge in [-0.2, -0.15) is 0 Å². The Kier molecular flexibility index (Phi) is 4.63. The summed E-state index contributed by atoms with van der Waals surface area (Å²) >= 11 is 0. The molecule has 1 saturated heterocycles. The summed E-state index contributed by atoms with van der Waals surface area (Å²) in [6.07, 6.45) is 0.676. The zero-order valence-electron chi connectivity index (χ0n) is 11.4. The quantitative estimate of drug-likeness (QED) is 0.803. The molecule has 1 aliphatic rings. The summed E-state index contributed by atoms with van der Waals surface area (Å²) in [6.45, 7) is 2.14. The Morgan fingerprint density at radius 2 is 2.21 bits per heavy atom. The van der Waals surface area contributed by atoms with E-state index in [0.29, 0.717) is 32.7 Å². The van der Waals surface area contributed by atoms with Gasteiger partial charge in [-0.05, 0) is 18.2 Å². The molecule has 5 heteroatoms. The van der Waals surface area contributed by atoms with Crippen molar-refractivity contribution in [1.82, 2.24) is 5.32 Å². The van der Waals surface area contributed by atoms with Crippen molar-refractivity contribution in [3.63, 3.8) is 0 Å². The third kappa shape index (κ3) is 3.59. The maximum atomic E-state index is 10.2. The van der Waals surface area contributed by atoms with Crippen LogP contribution >= 0.6 is 0 Å². The standard InChI is InChI=1S/C14H21NO4/c1-17-12-3-4-13(18-2)11(7-12)8-15-9-14(16)5-6-19-10-14/h3-4,7,15-16H,5-6,8-10H2,1-2H3. The van der Waals surface area contributed by atoms with Crippen molar-refractivity contribution in [2.75, 3.05) is 34.0 Å². The van der Waals surface area contributed by atoms with Crippen LogP contribution in [0.25, 0.3) is 0 Å². The van der Waals surface area contributed by atoms with Crippen molar-refractivity contribution >= 4 is 0 Å². The molecule has 1 aromatic rings. The van der Waals surface area contributed by atoms with Crippen molar-refractivity contribution in [2.45, 2.75) is 18.6 Å². The maximum Gasteiger partial charge on any atom is 0.123 e. The van der Waals surface area contributed by atoms with E-state index in [0.717, 1.165) is 17.1 Å². The Bertz CT molecular complexity index is 416. The third-order valence-corrected chi connectivity index (χ3v) is 3.34. The summed E-state index contributed by atoms with van der Waals surface area (Å²) < 4.78 is 15.7. The van der Waals surface area contributed by atoms with E-state index in [1.165, 1.54) is 0 Å². The lowest BCUT2D eigenvalue weighted by Gasteiger charge is -2.21. The van der Waals surface area contributed by atoms with Crippen LogP contribution in [0.1, 0.15) is 12.0 Å². The van der Waals surface area contributed by atoms with Crippen LogP contribution in [0.5, 0.6) is 11.5 Å². The lowest BCUT2D eigenvalue weighted by atomic mass is 10.0.